The predicted octanol–water partition coefficient (Wildman–Crippen LogP) is 2.58. The molecular weight excluding hydrogens is 280 g/mol. The van der Waals surface area contributed by atoms with Crippen LogP contribution < -0.4 is 10.2 Å². The fraction of sp³-hybridized carbons (Fsp3) is 0.588. The molecule has 1 aliphatic heterocycles. The van der Waals surface area contributed by atoms with Crippen LogP contribution in [0.4, 0.5) is 0 Å². The summed E-state index contributed by atoms with van der Waals surface area (Å²) in [6.07, 6.45) is 3.14. The minimum absolute atomic E-state index is 0.171. The summed E-state index contributed by atoms with van der Waals surface area (Å²) in [5.41, 5.74) is 2.81. The largest absolute Gasteiger partial charge is 0.497 e. The van der Waals surface area contributed by atoms with Crippen LogP contribution in [0.25, 0.3) is 0 Å². The van der Waals surface area contributed by atoms with Crippen molar-refractivity contribution >= 4 is 5.91 Å². The second kappa shape index (κ2) is 7.11. The number of hydrogen-bond acceptors (Lipinski definition) is 4. The number of hydrogen-bond donors (Lipinski definition) is 2. The van der Waals surface area contributed by atoms with Crippen molar-refractivity contribution in [2.24, 2.45) is 5.41 Å². The van der Waals surface area contributed by atoms with Gasteiger partial charge in [0, 0.05) is 6.54 Å². The van der Waals surface area contributed by atoms with Gasteiger partial charge in [0.05, 0.1) is 13.2 Å². The Balaban J connectivity index is 2.21. The molecule has 0 spiro atoms. The lowest BCUT2D eigenvalue weighted by molar-refractivity contribution is -0.139. The van der Waals surface area contributed by atoms with Crippen LogP contribution in [0.15, 0.2) is 24.3 Å². The molecule has 5 heteroatoms. The molecule has 0 bridgehead atoms. The lowest BCUT2D eigenvalue weighted by atomic mass is 9.79. The van der Waals surface area contributed by atoms with Gasteiger partial charge in [0.2, 0.25) is 0 Å². The highest BCUT2D eigenvalue weighted by atomic mass is 16.5. The lowest BCUT2D eigenvalue weighted by Gasteiger charge is -2.38. The summed E-state index contributed by atoms with van der Waals surface area (Å²) in [5, 5.41) is 9.12. The van der Waals surface area contributed by atoms with Gasteiger partial charge in [0.1, 0.15) is 5.75 Å². The van der Waals surface area contributed by atoms with Crippen molar-refractivity contribution in [3.8, 4) is 5.75 Å². The molecule has 5 nitrogen and oxygen atoms in total. The van der Waals surface area contributed by atoms with Gasteiger partial charge >= 0.3 is 0 Å². The fourth-order valence-corrected chi connectivity index (χ4v) is 3.37. The highest BCUT2D eigenvalue weighted by molar-refractivity contribution is 5.81. The molecule has 0 aliphatic carbocycles. The van der Waals surface area contributed by atoms with Crippen molar-refractivity contribution in [2.75, 3.05) is 13.7 Å². The first kappa shape index (κ1) is 16.8. The molecule has 2 rings (SSSR count). The normalized spacial score (nSPS) is 21.9. The summed E-state index contributed by atoms with van der Waals surface area (Å²) in [7, 11) is 1.65. The third kappa shape index (κ3) is 3.78. The molecule has 0 radical (unpaired) electrons. The Morgan fingerprint density at radius 2 is 2.05 bits per heavy atom. The summed E-state index contributed by atoms with van der Waals surface area (Å²) < 4.78 is 5.18. The van der Waals surface area contributed by atoms with Crippen LogP contribution in [0.5, 0.6) is 5.75 Å². The number of hydroxylamine groups is 1. The summed E-state index contributed by atoms with van der Waals surface area (Å²) in [4.78, 5) is 14.4. The number of ether oxygens (including phenoxy) is 1. The van der Waals surface area contributed by atoms with Crippen molar-refractivity contribution < 1.29 is 14.7 Å². The Labute approximate surface area is 132 Å². The predicted molar refractivity (Wildman–Crippen MR) is 84.8 cm³/mol. The van der Waals surface area contributed by atoms with Crippen LogP contribution in [0.2, 0.25) is 0 Å². The number of likely N-dealkylation sites (tertiary alicyclic amines) is 1. The second-order valence-corrected chi connectivity index (χ2v) is 6.64. The van der Waals surface area contributed by atoms with Gasteiger partial charge in [-0.1, -0.05) is 32.4 Å². The molecule has 1 atom stereocenters. The summed E-state index contributed by atoms with van der Waals surface area (Å²) in [6.45, 7) is 5.73. The first-order valence-corrected chi connectivity index (χ1v) is 7.79. The quantitative estimate of drug-likeness (QED) is 0.663. The first-order valence-electron chi connectivity index (χ1n) is 7.79. The summed E-state index contributed by atoms with van der Waals surface area (Å²) >= 11 is 0. The number of nitrogens with zero attached hydrogens (tertiary/aromatic N) is 1. The van der Waals surface area contributed by atoms with Crippen molar-refractivity contribution in [2.45, 2.75) is 45.7 Å². The Hall–Kier alpha value is -1.59. The smallest absolute Gasteiger partial charge is 0.261 e. The standard InChI is InChI=1S/C17H26N2O3/c1-17(2)10-4-5-11-19(15(17)16(20)18-21)12-13-6-8-14(22-3)9-7-13/h6-9,15,21H,4-5,10-12H2,1-3H3,(H,18,20). The average Bonchev–Trinajstić information content (AvgIpc) is 2.65. The molecule has 1 fully saturated rings. The van der Waals surface area contributed by atoms with Crippen LogP contribution in [-0.2, 0) is 11.3 Å². The van der Waals surface area contributed by atoms with Gasteiger partial charge in [0.25, 0.3) is 5.91 Å². The van der Waals surface area contributed by atoms with Gasteiger partial charge in [-0.2, -0.15) is 0 Å². The highest BCUT2D eigenvalue weighted by Crippen LogP contribution is 2.35. The molecule has 1 amide bonds. The molecule has 2 N–H and O–H groups in total. The van der Waals surface area contributed by atoms with Crippen molar-refractivity contribution in [3.63, 3.8) is 0 Å². The molecule has 1 saturated heterocycles. The van der Waals surface area contributed by atoms with Crippen molar-refractivity contribution in [1.82, 2.24) is 10.4 Å². The number of carbonyl (C=O) groups excluding carboxylic acids is 1. The van der Waals surface area contributed by atoms with Crippen LogP contribution in [-0.4, -0.2) is 35.7 Å². The Kier molecular flexibility index (Phi) is 5.42. The molecule has 1 aromatic rings. The van der Waals surface area contributed by atoms with E-state index in [9.17, 15) is 4.79 Å². The molecule has 0 aromatic heterocycles. The van der Waals surface area contributed by atoms with E-state index in [1.807, 2.05) is 29.7 Å². The van der Waals surface area contributed by atoms with Gasteiger partial charge in [-0.3, -0.25) is 14.9 Å². The van der Waals surface area contributed by atoms with E-state index in [2.05, 4.69) is 18.7 Å². The zero-order valence-electron chi connectivity index (χ0n) is 13.6. The monoisotopic (exact) mass is 306 g/mol. The van der Waals surface area contributed by atoms with E-state index in [0.717, 1.165) is 37.1 Å². The van der Waals surface area contributed by atoms with E-state index in [0.29, 0.717) is 6.54 Å². The highest BCUT2D eigenvalue weighted by Gasteiger charge is 2.40. The SMILES string of the molecule is COc1ccc(CN2CCCCC(C)(C)C2C(=O)NO)cc1. The van der Waals surface area contributed by atoms with Crippen LogP contribution in [0.3, 0.4) is 0 Å². The van der Waals surface area contributed by atoms with E-state index < -0.39 is 0 Å². The van der Waals surface area contributed by atoms with Gasteiger partial charge < -0.3 is 4.74 Å². The van der Waals surface area contributed by atoms with E-state index in [1.54, 1.807) is 7.11 Å². The second-order valence-electron chi connectivity index (χ2n) is 6.64. The van der Waals surface area contributed by atoms with Crippen molar-refractivity contribution in [1.29, 1.82) is 0 Å². The molecule has 1 aliphatic rings. The summed E-state index contributed by atoms with van der Waals surface area (Å²) in [6, 6.07) is 7.57. The molecule has 22 heavy (non-hydrogen) atoms. The Morgan fingerprint density at radius 1 is 1.36 bits per heavy atom. The zero-order chi connectivity index (χ0) is 16.2. The van der Waals surface area contributed by atoms with Gasteiger partial charge in [-0.25, -0.2) is 5.48 Å². The molecule has 122 valence electrons. The van der Waals surface area contributed by atoms with Gasteiger partial charge in [-0.15, -0.1) is 0 Å². The molecular formula is C17H26N2O3. The van der Waals surface area contributed by atoms with Gasteiger partial charge in [0.15, 0.2) is 0 Å². The minimum Gasteiger partial charge on any atom is -0.497 e. The molecule has 1 aromatic carbocycles. The fourth-order valence-electron chi connectivity index (χ4n) is 3.37. The maximum absolute atomic E-state index is 12.2. The van der Waals surface area contributed by atoms with E-state index in [4.69, 9.17) is 9.94 Å². The lowest BCUT2D eigenvalue weighted by Crippen LogP contribution is -2.53. The number of rotatable bonds is 4. The first-order chi connectivity index (χ1) is 10.5. The van der Waals surface area contributed by atoms with Crippen molar-refractivity contribution in [3.05, 3.63) is 29.8 Å². The van der Waals surface area contributed by atoms with Crippen LogP contribution in [0, 0.1) is 5.41 Å². The number of amides is 1. The third-order valence-electron chi connectivity index (χ3n) is 4.53. The molecule has 0 saturated carbocycles. The van der Waals surface area contributed by atoms with E-state index >= 15 is 0 Å². The van der Waals surface area contributed by atoms with Gasteiger partial charge in [-0.05, 0) is 42.5 Å². The van der Waals surface area contributed by atoms with E-state index in [-0.39, 0.29) is 17.4 Å². The number of nitrogens with one attached hydrogen (secondary N) is 1. The zero-order valence-corrected chi connectivity index (χ0v) is 13.6. The minimum atomic E-state index is -0.331. The Morgan fingerprint density at radius 3 is 2.64 bits per heavy atom. The molecule has 1 heterocycles. The topological polar surface area (TPSA) is 61.8 Å². The maximum Gasteiger partial charge on any atom is 0.261 e. The Bertz CT molecular complexity index is 499. The summed E-state index contributed by atoms with van der Waals surface area (Å²) in [5.74, 6) is 0.505. The van der Waals surface area contributed by atoms with E-state index in [1.165, 1.54) is 0 Å². The average molecular weight is 306 g/mol. The number of carbonyl (C=O) groups is 1. The number of benzene rings is 1. The van der Waals surface area contributed by atoms with Crippen LogP contribution in [0.1, 0.15) is 38.7 Å². The number of methoxy groups -OCH3 is 1. The maximum atomic E-state index is 12.2. The third-order valence-corrected chi connectivity index (χ3v) is 4.53. The van der Waals surface area contributed by atoms with Crippen LogP contribution >= 0.6 is 0 Å². The molecule has 1 unspecified atom stereocenters.